The number of hydrogen-bond donors (Lipinski definition) is 2. The Hall–Kier alpha value is -5.06. The van der Waals surface area contributed by atoms with Gasteiger partial charge in [-0.25, -0.2) is 0 Å². The highest BCUT2D eigenvalue weighted by Gasteiger charge is 2.25. The lowest BCUT2D eigenvalue weighted by atomic mass is 9.99. The van der Waals surface area contributed by atoms with Gasteiger partial charge in [0.2, 0.25) is 12.1 Å². The molecule has 0 aliphatic carbocycles. The fourth-order valence-electron chi connectivity index (χ4n) is 4.63. The van der Waals surface area contributed by atoms with E-state index in [4.69, 9.17) is 23.2 Å². The number of halogens is 2. The number of anilines is 2. The summed E-state index contributed by atoms with van der Waals surface area (Å²) in [7, 11) is 0. The van der Waals surface area contributed by atoms with Gasteiger partial charge in [-0.15, -0.1) is 0 Å². The lowest BCUT2D eigenvalue weighted by molar-refractivity contribution is -0.127. The molecule has 4 rings (SSSR count). The van der Waals surface area contributed by atoms with Crippen molar-refractivity contribution >= 4 is 69.3 Å². The largest absolute Gasteiger partial charge is 0.324 e. The summed E-state index contributed by atoms with van der Waals surface area (Å²) in [6.45, 7) is 9.89. The summed E-state index contributed by atoms with van der Waals surface area (Å²) in [5, 5.41) is 22.7. The van der Waals surface area contributed by atoms with E-state index >= 15 is 0 Å². The van der Waals surface area contributed by atoms with E-state index in [-0.39, 0.29) is 0 Å². The Morgan fingerprint density at radius 3 is 1.25 bits per heavy atom. The quantitative estimate of drug-likeness (QED) is 0.120. The fraction of sp³-hybridized carbons (Fsp3) is 0.222. The highest BCUT2D eigenvalue weighted by atomic mass is 35.5. The number of rotatable bonds is 11. The molecule has 12 heteroatoms. The fourth-order valence-corrected chi connectivity index (χ4v) is 4.96. The minimum absolute atomic E-state index is 0.457. The average Bonchev–Trinajstić information content (AvgIpc) is 3.02. The van der Waals surface area contributed by atoms with Crippen molar-refractivity contribution in [2.24, 2.45) is 20.5 Å². The molecule has 0 fully saturated rings. The lowest BCUT2D eigenvalue weighted by Crippen LogP contribution is -2.32. The van der Waals surface area contributed by atoms with Gasteiger partial charge in [0.1, 0.15) is 0 Å². The van der Waals surface area contributed by atoms with Crippen LogP contribution in [-0.2, 0) is 19.2 Å². The van der Waals surface area contributed by atoms with Gasteiger partial charge in [0.05, 0.1) is 11.4 Å². The number of Topliss-reactive ketones (excluding diaryl/α,β-unsaturated/α-hetero) is 2. The van der Waals surface area contributed by atoms with Crippen molar-refractivity contribution < 1.29 is 19.2 Å². The maximum atomic E-state index is 13.1. The second-order valence-electron chi connectivity index (χ2n) is 11.4. The number of carbonyl (C=O) groups is 4. The maximum absolute atomic E-state index is 13.1. The Morgan fingerprint density at radius 2 is 0.917 bits per heavy atom. The summed E-state index contributed by atoms with van der Waals surface area (Å²) < 4.78 is 0. The van der Waals surface area contributed by atoms with Crippen molar-refractivity contribution in [3.63, 3.8) is 0 Å². The smallest absolute Gasteiger partial charge is 0.258 e. The summed E-state index contributed by atoms with van der Waals surface area (Å²) >= 11 is 12.1. The van der Waals surface area contributed by atoms with E-state index in [2.05, 4.69) is 31.1 Å². The van der Waals surface area contributed by atoms with Gasteiger partial charge in [-0.1, -0.05) is 47.5 Å². The molecule has 0 aliphatic rings. The molecule has 48 heavy (non-hydrogen) atoms. The molecule has 0 spiro atoms. The van der Waals surface area contributed by atoms with E-state index in [0.29, 0.717) is 32.8 Å². The first-order chi connectivity index (χ1) is 22.7. The first-order valence-electron chi connectivity index (χ1n) is 14.9. The summed E-state index contributed by atoms with van der Waals surface area (Å²) in [5.41, 5.74) is 6.80. The molecule has 2 atom stereocenters. The van der Waals surface area contributed by atoms with E-state index in [9.17, 15) is 19.2 Å². The molecule has 0 radical (unpaired) electrons. The molecule has 0 bridgehead atoms. The number of nitrogens with zero attached hydrogens (tertiary/aromatic N) is 4. The van der Waals surface area contributed by atoms with Crippen LogP contribution in [0.2, 0.25) is 10.0 Å². The van der Waals surface area contributed by atoms with E-state index in [1.54, 1.807) is 48.5 Å². The number of carbonyl (C=O) groups excluding carboxylic acids is 4. The van der Waals surface area contributed by atoms with Gasteiger partial charge in [0.25, 0.3) is 11.8 Å². The molecule has 10 nitrogen and oxygen atoms in total. The SMILES string of the molecule is CC(=O)C(N=Nc1cc(Cl)ccc1C)C(=O)Nc1ccc(-c2ccc(NC(=O)C(N=Nc3cc(Cl)ccc3C)C(C)=O)c(C)c2)cc1C. The average molecular weight is 686 g/mol. The van der Waals surface area contributed by atoms with Gasteiger partial charge in [-0.3, -0.25) is 19.2 Å². The number of amides is 2. The van der Waals surface area contributed by atoms with Crippen LogP contribution in [-0.4, -0.2) is 35.5 Å². The molecule has 2 N–H and O–H groups in total. The van der Waals surface area contributed by atoms with Crippen LogP contribution in [0.15, 0.2) is 93.3 Å². The van der Waals surface area contributed by atoms with Crippen molar-refractivity contribution in [1.29, 1.82) is 0 Å². The minimum atomic E-state index is -1.34. The van der Waals surface area contributed by atoms with Gasteiger partial charge in [-0.2, -0.15) is 20.5 Å². The van der Waals surface area contributed by atoms with E-state index in [1.807, 2.05) is 52.0 Å². The normalized spacial score (nSPS) is 12.6. The van der Waals surface area contributed by atoms with Crippen molar-refractivity contribution in [2.45, 2.75) is 53.6 Å². The lowest BCUT2D eigenvalue weighted by Gasteiger charge is -2.15. The zero-order valence-corrected chi connectivity index (χ0v) is 28.8. The summed E-state index contributed by atoms with van der Waals surface area (Å²) in [6, 6.07) is 18.5. The topological polar surface area (TPSA) is 142 Å². The molecular formula is C36H34Cl2N6O4. The standard InChI is InChI=1S/C36H34Cl2N6O4/c1-19-7-11-27(37)17-31(19)41-43-33(23(5)45)35(47)39-29-13-9-25(15-21(29)3)26-10-14-30(22(4)16-26)40-36(48)34(24(6)46)44-42-32-18-28(38)12-8-20(32)2/h7-18,33-34H,1-6H3,(H,39,47)(H,40,48). The molecule has 246 valence electrons. The molecule has 0 aliphatic heterocycles. The summed E-state index contributed by atoms with van der Waals surface area (Å²) in [4.78, 5) is 50.7. The van der Waals surface area contributed by atoms with Crippen LogP contribution >= 0.6 is 23.2 Å². The van der Waals surface area contributed by atoms with Crippen molar-refractivity contribution in [1.82, 2.24) is 0 Å². The van der Waals surface area contributed by atoms with E-state index in [1.165, 1.54) is 13.8 Å². The number of azo groups is 2. The number of benzene rings is 4. The Labute approximate surface area is 288 Å². The highest BCUT2D eigenvalue weighted by Crippen LogP contribution is 2.29. The van der Waals surface area contributed by atoms with Crippen LogP contribution in [0, 0.1) is 27.7 Å². The molecule has 2 unspecified atom stereocenters. The second-order valence-corrected chi connectivity index (χ2v) is 12.2. The Kier molecular flexibility index (Phi) is 11.7. The highest BCUT2D eigenvalue weighted by molar-refractivity contribution is 6.31. The van der Waals surface area contributed by atoms with E-state index < -0.39 is 35.5 Å². The predicted molar refractivity (Wildman–Crippen MR) is 189 cm³/mol. The molecule has 4 aromatic rings. The molecule has 0 saturated heterocycles. The third-order valence-electron chi connectivity index (χ3n) is 7.47. The Bertz CT molecular complexity index is 1830. The summed E-state index contributed by atoms with van der Waals surface area (Å²) in [5.74, 6) is -2.13. The van der Waals surface area contributed by atoms with Gasteiger partial charge in [0, 0.05) is 21.4 Å². The van der Waals surface area contributed by atoms with Crippen LogP contribution in [0.3, 0.4) is 0 Å². The monoisotopic (exact) mass is 684 g/mol. The molecular weight excluding hydrogens is 651 g/mol. The zero-order valence-electron chi connectivity index (χ0n) is 27.3. The Morgan fingerprint density at radius 1 is 0.542 bits per heavy atom. The Balaban J connectivity index is 1.47. The van der Waals surface area contributed by atoms with Crippen LogP contribution in [0.5, 0.6) is 0 Å². The summed E-state index contributed by atoms with van der Waals surface area (Å²) in [6.07, 6.45) is 0. The maximum Gasteiger partial charge on any atom is 0.258 e. The number of hydrogen-bond acceptors (Lipinski definition) is 8. The third kappa shape index (κ3) is 9.05. The molecule has 0 aromatic heterocycles. The minimum Gasteiger partial charge on any atom is -0.324 e. The van der Waals surface area contributed by atoms with E-state index in [0.717, 1.165) is 33.4 Å². The van der Waals surface area contributed by atoms with Crippen LogP contribution in [0.25, 0.3) is 11.1 Å². The number of ketones is 2. The number of nitrogens with one attached hydrogen (secondary N) is 2. The van der Waals surface area contributed by atoms with Crippen molar-refractivity contribution in [3.8, 4) is 11.1 Å². The van der Waals surface area contributed by atoms with Gasteiger partial charge >= 0.3 is 0 Å². The molecule has 0 saturated carbocycles. The van der Waals surface area contributed by atoms with Crippen molar-refractivity contribution in [2.75, 3.05) is 10.6 Å². The number of aryl methyl sites for hydroxylation is 4. The van der Waals surface area contributed by atoms with Crippen LogP contribution < -0.4 is 10.6 Å². The zero-order chi connectivity index (χ0) is 35.1. The molecule has 2 amide bonds. The third-order valence-corrected chi connectivity index (χ3v) is 7.94. The molecule has 0 heterocycles. The van der Waals surface area contributed by atoms with Gasteiger partial charge in [-0.05, 0) is 123 Å². The first kappa shape index (κ1) is 35.8. The van der Waals surface area contributed by atoms with Crippen LogP contribution in [0.4, 0.5) is 22.7 Å². The first-order valence-corrected chi connectivity index (χ1v) is 15.7. The molecule has 4 aromatic carbocycles. The second kappa shape index (κ2) is 15.7. The van der Waals surface area contributed by atoms with Crippen molar-refractivity contribution in [3.05, 3.63) is 105 Å². The predicted octanol–water partition coefficient (Wildman–Crippen LogP) is 9.25. The van der Waals surface area contributed by atoms with Crippen LogP contribution in [0.1, 0.15) is 36.1 Å². The van der Waals surface area contributed by atoms with Gasteiger partial charge < -0.3 is 10.6 Å². The van der Waals surface area contributed by atoms with Gasteiger partial charge in [0.15, 0.2) is 11.6 Å².